The average molecular weight is 205 g/mol. The number of para-hydroxylation sites is 1. The summed E-state index contributed by atoms with van der Waals surface area (Å²) in [4.78, 5) is 0. The number of nitrogens with one attached hydrogen (secondary N) is 1. The van der Waals surface area contributed by atoms with Crippen molar-refractivity contribution < 1.29 is 4.39 Å². The smallest absolute Gasteiger partial charge is 0.146 e. The Labute approximate surface area is 89.7 Å². The van der Waals surface area contributed by atoms with Gasteiger partial charge in [-0.15, -0.1) is 0 Å². The number of anilines is 1. The van der Waals surface area contributed by atoms with Crippen molar-refractivity contribution in [2.24, 2.45) is 11.8 Å². The van der Waals surface area contributed by atoms with Crippen LogP contribution in [0, 0.1) is 17.7 Å². The number of hydrogen-bond acceptors (Lipinski definition) is 1. The van der Waals surface area contributed by atoms with E-state index in [1.165, 1.54) is 31.7 Å². The van der Waals surface area contributed by atoms with Gasteiger partial charge in [0.25, 0.3) is 0 Å². The average Bonchev–Trinajstić information content (AvgIpc) is 2.83. The lowest BCUT2D eigenvalue weighted by Crippen LogP contribution is -2.26. The van der Waals surface area contributed by atoms with Crippen LogP contribution in [0.2, 0.25) is 0 Å². The van der Waals surface area contributed by atoms with Crippen molar-refractivity contribution in [1.82, 2.24) is 0 Å². The molecule has 0 aliphatic heterocycles. The molecule has 0 radical (unpaired) electrons. The molecule has 3 unspecified atom stereocenters. The highest BCUT2D eigenvalue weighted by molar-refractivity contribution is 5.45. The van der Waals surface area contributed by atoms with Crippen LogP contribution >= 0.6 is 0 Å². The first-order valence-electron chi connectivity index (χ1n) is 5.84. The van der Waals surface area contributed by atoms with Crippen molar-refractivity contribution in [3.8, 4) is 0 Å². The topological polar surface area (TPSA) is 12.0 Å². The summed E-state index contributed by atoms with van der Waals surface area (Å²) < 4.78 is 13.4. The summed E-state index contributed by atoms with van der Waals surface area (Å²) in [5, 5.41) is 3.37. The molecule has 0 heterocycles. The second-order valence-corrected chi connectivity index (χ2v) is 4.91. The molecule has 2 aliphatic carbocycles. The van der Waals surface area contributed by atoms with Gasteiger partial charge in [0.15, 0.2) is 0 Å². The van der Waals surface area contributed by atoms with Crippen LogP contribution in [0.5, 0.6) is 0 Å². The Hall–Kier alpha value is -1.05. The Bertz CT molecular complexity index is 363. The van der Waals surface area contributed by atoms with Gasteiger partial charge >= 0.3 is 0 Å². The van der Waals surface area contributed by atoms with Gasteiger partial charge in [-0.05, 0) is 43.2 Å². The molecule has 0 saturated heterocycles. The van der Waals surface area contributed by atoms with E-state index in [-0.39, 0.29) is 5.82 Å². The summed E-state index contributed by atoms with van der Waals surface area (Å²) in [5.41, 5.74) is 0.676. The number of hydrogen-bond donors (Lipinski definition) is 1. The minimum absolute atomic E-state index is 0.125. The molecular weight excluding hydrogens is 189 g/mol. The molecule has 3 rings (SSSR count). The summed E-state index contributed by atoms with van der Waals surface area (Å²) in [6, 6.07) is 7.50. The maximum absolute atomic E-state index is 13.4. The Morgan fingerprint density at radius 3 is 2.67 bits per heavy atom. The van der Waals surface area contributed by atoms with Crippen LogP contribution in [0.4, 0.5) is 10.1 Å². The molecule has 1 N–H and O–H groups in total. The maximum Gasteiger partial charge on any atom is 0.146 e. The van der Waals surface area contributed by atoms with E-state index in [4.69, 9.17) is 0 Å². The van der Waals surface area contributed by atoms with Crippen LogP contribution < -0.4 is 5.32 Å². The Kier molecular flexibility index (Phi) is 2.15. The molecule has 0 aromatic heterocycles. The standard InChI is InChI=1S/C13H16FN/c14-11-3-1-2-4-12(11)15-13-8-9-5-6-10(13)7-9/h1-4,9-10,13,15H,5-8H2. The van der Waals surface area contributed by atoms with Gasteiger partial charge < -0.3 is 5.32 Å². The normalized spacial score (nSPS) is 33.3. The quantitative estimate of drug-likeness (QED) is 0.780. The lowest BCUT2D eigenvalue weighted by Gasteiger charge is -2.24. The van der Waals surface area contributed by atoms with E-state index in [9.17, 15) is 4.39 Å². The van der Waals surface area contributed by atoms with Crippen LogP contribution in [0.25, 0.3) is 0 Å². The number of benzene rings is 1. The molecule has 2 fully saturated rings. The SMILES string of the molecule is Fc1ccccc1NC1CC2CCC1C2. The van der Waals surface area contributed by atoms with E-state index in [1.54, 1.807) is 6.07 Å². The predicted molar refractivity (Wildman–Crippen MR) is 59.3 cm³/mol. The van der Waals surface area contributed by atoms with E-state index in [1.807, 2.05) is 12.1 Å². The van der Waals surface area contributed by atoms with Crippen LogP contribution in [0.1, 0.15) is 25.7 Å². The number of fused-ring (bicyclic) bond motifs is 2. The highest BCUT2D eigenvalue weighted by atomic mass is 19.1. The molecule has 1 aromatic carbocycles. The Morgan fingerprint density at radius 2 is 2.00 bits per heavy atom. The molecule has 15 heavy (non-hydrogen) atoms. The third-order valence-electron chi connectivity index (χ3n) is 3.95. The van der Waals surface area contributed by atoms with E-state index >= 15 is 0 Å². The zero-order chi connectivity index (χ0) is 10.3. The molecule has 2 aliphatic rings. The van der Waals surface area contributed by atoms with Gasteiger partial charge in [0.1, 0.15) is 5.82 Å². The zero-order valence-electron chi connectivity index (χ0n) is 8.75. The van der Waals surface area contributed by atoms with Gasteiger partial charge in [0.05, 0.1) is 5.69 Å². The fraction of sp³-hybridized carbons (Fsp3) is 0.538. The molecule has 2 heteroatoms. The van der Waals surface area contributed by atoms with E-state index in [2.05, 4.69) is 5.32 Å². The molecule has 2 bridgehead atoms. The zero-order valence-corrected chi connectivity index (χ0v) is 8.75. The summed E-state index contributed by atoms with van der Waals surface area (Å²) in [6.07, 6.45) is 5.31. The van der Waals surface area contributed by atoms with Gasteiger partial charge in [-0.1, -0.05) is 18.6 Å². The highest BCUT2D eigenvalue weighted by Crippen LogP contribution is 2.45. The second-order valence-electron chi connectivity index (χ2n) is 4.91. The summed E-state index contributed by atoms with van der Waals surface area (Å²) >= 11 is 0. The molecule has 1 nitrogen and oxygen atoms in total. The van der Waals surface area contributed by atoms with E-state index in [0.29, 0.717) is 11.7 Å². The van der Waals surface area contributed by atoms with Gasteiger partial charge in [-0.2, -0.15) is 0 Å². The molecule has 1 aromatic rings. The minimum atomic E-state index is -0.125. The predicted octanol–water partition coefficient (Wildman–Crippen LogP) is 3.43. The van der Waals surface area contributed by atoms with E-state index in [0.717, 1.165) is 11.8 Å². The van der Waals surface area contributed by atoms with Gasteiger partial charge in [0, 0.05) is 6.04 Å². The number of halogens is 1. The third kappa shape index (κ3) is 1.62. The summed E-state index contributed by atoms with van der Waals surface area (Å²) in [7, 11) is 0. The Morgan fingerprint density at radius 1 is 1.13 bits per heavy atom. The minimum Gasteiger partial charge on any atom is -0.380 e. The lowest BCUT2D eigenvalue weighted by molar-refractivity contribution is 0.438. The van der Waals surface area contributed by atoms with Crippen molar-refractivity contribution in [3.05, 3.63) is 30.1 Å². The van der Waals surface area contributed by atoms with Crippen LogP contribution in [0.3, 0.4) is 0 Å². The van der Waals surface area contributed by atoms with Crippen molar-refractivity contribution in [2.45, 2.75) is 31.7 Å². The number of rotatable bonds is 2. The summed E-state index contributed by atoms with van der Waals surface area (Å²) in [5.74, 6) is 1.56. The molecule has 80 valence electrons. The Balaban J connectivity index is 1.73. The second kappa shape index (κ2) is 3.51. The van der Waals surface area contributed by atoms with Crippen molar-refractivity contribution >= 4 is 5.69 Å². The first-order chi connectivity index (χ1) is 7.33. The van der Waals surface area contributed by atoms with Gasteiger partial charge in [-0.3, -0.25) is 0 Å². The molecule has 3 atom stereocenters. The first-order valence-corrected chi connectivity index (χ1v) is 5.84. The monoisotopic (exact) mass is 205 g/mol. The van der Waals surface area contributed by atoms with Crippen LogP contribution in [-0.2, 0) is 0 Å². The molecule has 0 amide bonds. The lowest BCUT2D eigenvalue weighted by atomic mass is 9.95. The fourth-order valence-corrected chi connectivity index (χ4v) is 3.20. The van der Waals surface area contributed by atoms with Crippen LogP contribution in [0.15, 0.2) is 24.3 Å². The van der Waals surface area contributed by atoms with E-state index < -0.39 is 0 Å². The van der Waals surface area contributed by atoms with Gasteiger partial charge in [0.2, 0.25) is 0 Å². The molecular formula is C13H16FN. The largest absolute Gasteiger partial charge is 0.380 e. The summed E-state index contributed by atoms with van der Waals surface area (Å²) in [6.45, 7) is 0. The van der Waals surface area contributed by atoms with Crippen molar-refractivity contribution in [3.63, 3.8) is 0 Å². The van der Waals surface area contributed by atoms with Gasteiger partial charge in [-0.25, -0.2) is 4.39 Å². The fourth-order valence-electron chi connectivity index (χ4n) is 3.20. The molecule has 0 spiro atoms. The first kappa shape index (κ1) is 9.20. The third-order valence-corrected chi connectivity index (χ3v) is 3.95. The maximum atomic E-state index is 13.4. The van der Waals surface area contributed by atoms with Crippen molar-refractivity contribution in [1.29, 1.82) is 0 Å². The molecule has 2 saturated carbocycles. The van der Waals surface area contributed by atoms with Crippen LogP contribution in [-0.4, -0.2) is 6.04 Å². The highest BCUT2D eigenvalue weighted by Gasteiger charge is 2.39. The van der Waals surface area contributed by atoms with Crippen molar-refractivity contribution in [2.75, 3.05) is 5.32 Å².